The molecule has 0 aliphatic heterocycles. The Labute approximate surface area is 218 Å². The van der Waals surface area contributed by atoms with Gasteiger partial charge in [0.25, 0.3) is 0 Å². The molecule has 5 N–H and O–H groups in total. The van der Waals surface area contributed by atoms with Gasteiger partial charge in [-0.2, -0.15) is 0 Å². The van der Waals surface area contributed by atoms with Crippen molar-refractivity contribution in [2.45, 2.75) is 109 Å². The van der Waals surface area contributed by atoms with Crippen molar-refractivity contribution in [2.75, 3.05) is 19.6 Å². The maximum absolute atomic E-state index is 12.8. The van der Waals surface area contributed by atoms with Gasteiger partial charge in [-0.15, -0.1) is 0 Å². The van der Waals surface area contributed by atoms with E-state index in [-0.39, 0.29) is 23.9 Å². The van der Waals surface area contributed by atoms with Crippen LogP contribution in [0.15, 0.2) is 0 Å². The SMILES string of the molecule is CCN(CC)CC(C)OC(=O)[C@@H]1CCCC[C@@]1(O)C1CCCCC1.O=C(O)CC(O)(CC(=O)O)C(=O)O. The van der Waals surface area contributed by atoms with Crippen LogP contribution >= 0.6 is 0 Å². The van der Waals surface area contributed by atoms with Gasteiger partial charge in [0.2, 0.25) is 0 Å². The van der Waals surface area contributed by atoms with Crippen LogP contribution in [0.1, 0.15) is 91.4 Å². The molecule has 0 radical (unpaired) electrons. The number of carbonyl (C=O) groups excluding carboxylic acids is 1. The summed E-state index contributed by atoms with van der Waals surface area (Å²) >= 11 is 0. The Morgan fingerprint density at radius 1 is 0.919 bits per heavy atom. The molecule has 2 aliphatic rings. The molecule has 0 bridgehead atoms. The molecule has 0 heterocycles. The van der Waals surface area contributed by atoms with Crippen molar-refractivity contribution >= 4 is 23.9 Å². The number of ether oxygens (including phenoxy) is 1. The monoisotopic (exact) mass is 531 g/mol. The van der Waals surface area contributed by atoms with Crippen LogP contribution in [0.25, 0.3) is 0 Å². The Balaban J connectivity index is 0.000000448. The van der Waals surface area contributed by atoms with Crippen molar-refractivity contribution in [3.63, 3.8) is 0 Å². The summed E-state index contributed by atoms with van der Waals surface area (Å²) in [5.41, 5.74) is -3.57. The molecule has 37 heavy (non-hydrogen) atoms. The first-order chi connectivity index (χ1) is 17.3. The van der Waals surface area contributed by atoms with Crippen LogP contribution in [-0.4, -0.2) is 91.3 Å². The van der Waals surface area contributed by atoms with Crippen LogP contribution in [-0.2, 0) is 23.9 Å². The molecule has 2 fully saturated rings. The van der Waals surface area contributed by atoms with Crippen LogP contribution in [0.3, 0.4) is 0 Å². The summed E-state index contributed by atoms with van der Waals surface area (Å²) in [6.45, 7) is 8.93. The highest BCUT2D eigenvalue weighted by atomic mass is 16.5. The number of esters is 1. The molecule has 11 heteroatoms. The maximum Gasteiger partial charge on any atom is 0.336 e. The quantitative estimate of drug-likeness (QED) is 0.233. The number of nitrogens with zero attached hydrogens (tertiary/aromatic N) is 1. The minimum Gasteiger partial charge on any atom is -0.481 e. The third kappa shape index (κ3) is 10.2. The van der Waals surface area contributed by atoms with Gasteiger partial charge in [0.15, 0.2) is 5.60 Å². The molecule has 0 saturated heterocycles. The lowest BCUT2D eigenvalue weighted by molar-refractivity contribution is -0.176. The summed E-state index contributed by atoms with van der Waals surface area (Å²) in [6.07, 6.45) is 6.97. The fourth-order valence-corrected chi connectivity index (χ4v) is 5.47. The minimum absolute atomic E-state index is 0.116. The number of hydrogen-bond donors (Lipinski definition) is 5. The highest BCUT2D eigenvalue weighted by Gasteiger charge is 2.49. The number of rotatable bonds is 12. The second-order valence-electron chi connectivity index (χ2n) is 10.3. The largest absolute Gasteiger partial charge is 0.481 e. The smallest absolute Gasteiger partial charge is 0.336 e. The van der Waals surface area contributed by atoms with Crippen molar-refractivity contribution in [1.29, 1.82) is 0 Å². The van der Waals surface area contributed by atoms with Gasteiger partial charge in [-0.25, -0.2) is 4.79 Å². The molecule has 0 aromatic rings. The number of hydrogen-bond acceptors (Lipinski definition) is 8. The number of likely N-dealkylation sites (N-methyl/N-ethyl adjacent to an activating group) is 1. The Kier molecular flexibility index (Phi) is 13.5. The number of aliphatic hydroxyl groups is 2. The molecule has 0 aromatic carbocycles. The van der Waals surface area contributed by atoms with E-state index < -0.39 is 42.0 Å². The van der Waals surface area contributed by atoms with E-state index in [1.54, 1.807) is 0 Å². The predicted molar refractivity (Wildman–Crippen MR) is 134 cm³/mol. The van der Waals surface area contributed by atoms with Crippen molar-refractivity contribution in [3.8, 4) is 0 Å². The lowest BCUT2D eigenvalue weighted by Gasteiger charge is -2.45. The molecule has 3 atom stereocenters. The molecule has 1 unspecified atom stereocenters. The molecule has 2 saturated carbocycles. The van der Waals surface area contributed by atoms with Crippen molar-refractivity contribution in [1.82, 2.24) is 4.90 Å². The van der Waals surface area contributed by atoms with E-state index in [1.165, 1.54) is 19.3 Å². The Morgan fingerprint density at radius 3 is 1.89 bits per heavy atom. The van der Waals surface area contributed by atoms with Gasteiger partial charge in [-0.3, -0.25) is 14.4 Å². The molecule has 0 amide bonds. The second-order valence-corrected chi connectivity index (χ2v) is 10.3. The average molecular weight is 532 g/mol. The van der Waals surface area contributed by atoms with E-state index in [1.807, 2.05) is 6.92 Å². The lowest BCUT2D eigenvalue weighted by atomic mass is 9.64. The van der Waals surface area contributed by atoms with Crippen LogP contribution in [0.4, 0.5) is 0 Å². The second kappa shape index (κ2) is 15.2. The topological polar surface area (TPSA) is 182 Å². The molecule has 0 spiro atoms. The number of carbonyl (C=O) groups is 4. The van der Waals surface area contributed by atoms with Crippen molar-refractivity contribution < 1.29 is 49.4 Å². The fourth-order valence-electron chi connectivity index (χ4n) is 5.47. The molecular formula is C26H45NO10. The summed E-state index contributed by atoms with van der Waals surface area (Å²) in [4.78, 5) is 45.6. The molecule has 11 nitrogen and oxygen atoms in total. The Morgan fingerprint density at radius 2 is 1.43 bits per heavy atom. The number of carboxylic acids is 3. The van der Waals surface area contributed by atoms with Crippen molar-refractivity contribution in [3.05, 3.63) is 0 Å². The van der Waals surface area contributed by atoms with Gasteiger partial charge < -0.3 is 35.2 Å². The van der Waals surface area contributed by atoms with Gasteiger partial charge in [0.1, 0.15) is 6.10 Å². The van der Waals surface area contributed by atoms with E-state index in [0.29, 0.717) is 0 Å². The van der Waals surface area contributed by atoms with E-state index >= 15 is 0 Å². The normalized spacial score (nSPS) is 23.5. The van der Waals surface area contributed by atoms with Gasteiger partial charge >= 0.3 is 23.9 Å². The van der Waals surface area contributed by atoms with Gasteiger partial charge in [-0.1, -0.05) is 46.0 Å². The van der Waals surface area contributed by atoms with Gasteiger partial charge in [-0.05, 0) is 51.6 Å². The third-order valence-corrected chi connectivity index (χ3v) is 7.53. The van der Waals surface area contributed by atoms with Crippen LogP contribution in [0.5, 0.6) is 0 Å². The zero-order chi connectivity index (χ0) is 28.2. The van der Waals surface area contributed by atoms with Gasteiger partial charge in [0, 0.05) is 6.54 Å². The first kappa shape index (κ1) is 32.8. The fraction of sp³-hybridized carbons (Fsp3) is 0.846. The van der Waals surface area contributed by atoms with Gasteiger partial charge in [0.05, 0.1) is 24.4 Å². The zero-order valence-corrected chi connectivity index (χ0v) is 22.4. The average Bonchev–Trinajstić information content (AvgIpc) is 2.82. The number of carboxylic acid groups (broad SMARTS) is 3. The summed E-state index contributed by atoms with van der Waals surface area (Å²) in [5.74, 6) is -5.23. The Hall–Kier alpha value is -2.24. The van der Waals surface area contributed by atoms with Crippen LogP contribution in [0.2, 0.25) is 0 Å². The molecule has 0 aromatic heterocycles. The first-order valence-electron chi connectivity index (χ1n) is 13.3. The third-order valence-electron chi connectivity index (χ3n) is 7.53. The first-order valence-corrected chi connectivity index (χ1v) is 13.3. The zero-order valence-electron chi connectivity index (χ0n) is 22.4. The standard InChI is InChI=1S/C20H37NO3.C6H8O7/c1-4-21(5-2)15-16(3)24-19(22)18-13-9-10-14-20(18,23)17-11-7-6-8-12-17;7-3(8)1-6(13,5(11)12)2-4(9)10/h16-18,23H,4-15H2,1-3H3;13H,1-2H2,(H,7,8)(H,9,10)(H,11,12)/t16?,18-,20+;/m0./s1. The van der Waals surface area contributed by atoms with E-state index in [4.69, 9.17) is 25.2 Å². The number of aliphatic carboxylic acids is 3. The Bertz CT molecular complexity index is 746. The molecule has 2 aliphatic carbocycles. The highest BCUT2D eigenvalue weighted by Crippen LogP contribution is 2.45. The van der Waals surface area contributed by atoms with Crippen molar-refractivity contribution in [2.24, 2.45) is 11.8 Å². The van der Waals surface area contributed by atoms with E-state index in [9.17, 15) is 24.3 Å². The summed E-state index contributed by atoms with van der Waals surface area (Å²) < 4.78 is 5.77. The van der Waals surface area contributed by atoms with E-state index in [2.05, 4.69) is 18.7 Å². The maximum atomic E-state index is 12.8. The summed E-state index contributed by atoms with van der Waals surface area (Å²) in [7, 11) is 0. The molecule has 214 valence electrons. The lowest BCUT2D eigenvalue weighted by Crippen LogP contribution is -2.52. The summed E-state index contributed by atoms with van der Waals surface area (Å²) in [5, 5.41) is 45.2. The van der Waals surface area contributed by atoms with E-state index in [0.717, 1.165) is 58.2 Å². The van der Waals surface area contributed by atoms with Crippen LogP contribution in [0, 0.1) is 11.8 Å². The highest BCUT2D eigenvalue weighted by molar-refractivity contribution is 5.88. The molecule has 2 rings (SSSR count). The van der Waals surface area contributed by atoms with Crippen LogP contribution < -0.4 is 0 Å². The predicted octanol–water partition coefficient (Wildman–Crippen LogP) is 2.51. The minimum atomic E-state index is -2.74. The summed E-state index contributed by atoms with van der Waals surface area (Å²) in [6, 6.07) is 0. The molecular weight excluding hydrogens is 486 g/mol.